The second-order valence-electron chi connectivity index (χ2n) is 3.28. The summed E-state index contributed by atoms with van der Waals surface area (Å²) < 4.78 is 1.95. The van der Waals surface area contributed by atoms with Crippen molar-refractivity contribution in [1.29, 1.82) is 0 Å². The standard InChI is InChI=1S/C10H19N3/c1-4-6-9(11-5-2)10-7-8-12-13(10)3/h7-9,11H,4-6H2,1-3H3. The van der Waals surface area contributed by atoms with E-state index in [1.807, 2.05) is 17.9 Å². The van der Waals surface area contributed by atoms with Crippen LogP contribution in [0, 0.1) is 0 Å². The number of nitrogens with one attached hydrogen (secondary N) is 1. The van der Waals surface area contributed by atoms with Crippen LogP contribution < -0.4 is 5.32 Å². The Balaban J connectivity index is 2.69. The molecule has 0 saturated heterocycles. The molecule has 0 spiro atoms. The summed E-state index contributed by atoms with van der Waals surface area (Å²) in [6, 6.07) is 2.55. The number of rotatable bonds is 5. The quantitative estimate of drug-likeness (QED) is 0.751. The van der Waals surface area contributed by atoms with E-state index in [9.17, 15) is 0 Å². The van der Waals surface area contributed by atoms with Crippen molar-refractivity contribution in [3.8, 4) is 0 Å². The molecule has 0 aliphatic carbocycles. The average Bonchev–Trinajstić information content (AvgIpc) is 2.51. The molecular weight excluding hydrogens is 162 g/mol. The van der Waals surface area contributed by atoms with E-state index in [1.165, 1.54) is 18.5 Å². The predicted molar refractivity (Wildman–Crippen MR) is 54.5 cm³/mol. The average molecular weight is 181 g/mol. The van der Waals surface area contributed by atoms with Gasteiger partial charge in [0.1, 0.15) is 0 Å². The fourth-order valence-corrected chi connectivity index (χ4v) is 1.62. The summed E-state index contributed by atoms with van der Waals surface area (Å²) in [7, 11) is 2.00. The summed E-state index contributed by atoms with van der Waals surface area (Å²) in [6.07, 6.45) is 4.23. The van der Waals surface area contributed by atoms with Crippen LogP contribution in [0.4, 0.5) is 0 Å². The summed E-state index contributed by atoms with van der Waals surface area (Å²) in [5, 5.41) is 7.64. The lowest BCUT2D eigenvalue weighted by molar-refractivity contribution is 0.475. The smallest absolute Gasteiger partial charge is 0.0550 e. The third-order valence-corrected chi connectivity index (χ3v) is 2.24. The van der Waals surface area contributed by atoms with E-state index in [0.29, 0.717) is 6.04 Å². The number of aromatic nitrogens is 2. The molecule has 1 N–H and O–H groups in total. The Kier molecular flexibility index (Phi) is 3.96. The van der Waals surface area contributed by atoms with E-state index in [-0.39, 0.29) is 0 Å². The van der Waals surface area contributed by atoms with Crippen molar-refractivity contribution in [3.63, 3.8) is 0 Å². The van der Waals surface area contributed by atoms with Gasteiger partial charge in [-0.05, 0) is 19.0 Å². The van der Waals surface area contributed by atoms with Gasteiger partial charge in [0.15, 0.2) is 0 Å². The van der Waals surface area contributed by atoms with E-state index in [0.717, 1.165) is 6.54 Å². The van der Waals surface area contributed by atoms with Crippen LogP contribution in [0.15, 0.2) is 12.3 Å². The van der Waals surface area contributed by atoms with Crippen molar-refractivity contribution in [2.75, 3.05) is 6.54 Å². The molecule has 0 bridgehead atoms. The lowest BCUT2D eigenvalue weighted by Crippen LogP contribution is -2.22. The summed E-state index contributed by atoms with van der Waals surface area (Å²) in [5.74, 6) is 0. The zero-order valence-electron chi connectivity index (χ0n) is 8.75. The highest BCUT2D eigenvalue weighted by Crippen LogP contribution is 2.16. The minimum atomic E-state index is 0.461. The Labute approximate surface area is 80.1 Å². The maximum Gasteiger partial charge on any atom is 0.0550 e. The minimum Gasteiger partial charge on any atom is -0.309 e. The first kappa shape index (κ1) is 10.3. The van der Waals surface area contributed by atoms with E-state index in [4.69, 9.17) is 0 Å². The number of hydrogen-bond donors (Lipinski definition) is 1. The molecule has 0 aromatic carbocycles. The second kappa shape index (κ2) is 5.02. The minimum absolute atomic E-state index is 0.461. The van der Waals surface area contributed by atoms with Gasteiger partial charge in [-0.25, -0.2) is 0 Å². The summed E-state index contributed by atoms with van der Waals surface area (Å²) in [4.78, 5) is 0. The molecule has 3 heteroatoms. The first-order valence-corrected chi connectivity index (χ1v) is 5.00. The highest BCUT2D eigenvalue weighted by Gasteiger charge is 2.11. The molecule has 13 heavy (non-hydrogen) atoms. The Morgan fingerprint density at radius 2 is 2.31 bits per heavy atom. The molecule has 0 saturated carbocycles. The second-order valence-corrected chi connectivity index (χ2v) is 3.28. The van der Waals surface area contributed by atoms with Gasteiger partial charge in [-0.2, -0.15) is 5.10 Å². The van der Waals surface area contributed by atoms with Crippen LogP contribution >= 0.6 is 0 Å². The first-order chi connectivity index (χ1) is 6.29. The van der Waals surface area contributed by atoms with E-state index in [2.05, 4.69) is 30.3 Å². The molecule has 1 rings (SSSR count). The SMILES string of the molecule is CCCC(NCC)c1ccnn1C. The van der Waals surface area contributed by atoms with Crippen molar-refractivity contribution in [2.45, 2.75) is 32.7 Å². The van der Waals surface area contributed by atoms with Crippen LogP contribution in [0.25, 0.3) is 0 Å². The van der Waals surface area contributed by atoms with Gasteiger partial charge in [-0.15, -0.1) is 0 Å². The molecule has 1 unspecified atom stereocenters. The maximum absolute atomic E-state index is 4.18. The molecule has 0 aliphatic rings. The molecule has 0 fully saturated rings. The van der Waals surface area contributed by atoms with Crippen LogP contribution in [-0.2, 0) is 7.05 Å². The van der Waals surface area contributed by atoms with Crippen LogP contribution in [0.2, 0.25) is 0 Å². The van der Waals surface area contributed by atoms with Crippen LogP contribution in [-0.4, -0.2) is 16.3 Å². The number of hydrogen-bond acceptors (Lipinski definition) is 2. The lowest BCUT2D eigenvalue weighted by Gasteiger charge is -2.16. The fraction of sp³-hybridized carbons (Fsp3) is 0.700. The molecule has 3 nitrogen and oxygen atoms in total. The summed E-state index contributed by atoms with van der Waals surface area (Å²) in [6.45, 7) is 5.36. The first-order valence-electron chi connectivity index (χ1n) is 5.00. The van der Waals surface area contributed by atoms with E-state index in [1.54, 1.807) is 0 Å². The summed E-state index contributed by atoms with van der Waals surface area (Å²) >= 11 is 0. The monoisotopic (exact) mass is 181 g/mol. The van der Waals surface area contributed by atoms with Crippen molar-refractivity contribution in [1.82, 2.24) is 15.1 Å². The third-order valence-electron chi connectivity index (χ3n) is 2.24. The Hall–Kier alpha value is -0.830. The predicted octanol–water partition coefficient (Wildman–Crippen LogP) is 1.87. The molecular formula is C10H19N3. The van der Waals surface area contributed by atoms with E-state index < -0.39 is 0 Å². The number of nitrogens with zero attached hydrogens (tertiary/aromatic N) is 2. The van der Waals surface area contributed by atoms with Crippen LogP contribution in [0.5, 0.6) is 0 Å². The van der Waals surface area contributed by atoms with Crippen molar-refractivity contribution < 1.29 is 0 Å². The van der Waals surface area contributed by atoms with Gasteiger partial charge in [0.2, 0.25) is 0 Å². The third kappa shape index (κ3) is 2.56. The van der Waals surface area contributed by atoms with Gasteiger partial charge in [0.25, 0.3) is 0 Å². The van der Waals surface area contributed by atoms with Crippen molar-refractivity contribution >= 4 is 0 Å². The maximum atomic E-state index is 4.18. The van der Waals surface area contributed by atoms with Crippen molar-refractivity contribution in [2.24, 2.45) is 7.05 Å². The molecule has 1 heterocycles. The number of aryl methyl sites for hydroxylation is 1. The highest BCUT2D eigenvalue weighted by molar-refractivity contribution is 5.06. The molecule has 74 valence electrons. The summed E-state index contributed by atoms with van der Waals surface area (Å²) in [5.41, 5.74) is 1.28. The van der Waals surface area contributed by atoms with Gasteiger partial charge in [0, 0.05) is 19.3 Å². The lowest BCUT2D eigenvalue weighted by atomic mass is 10.1. The van der Waals surface area contributed by atoms with E-state index >= 15 is 0 Å². The molecule has 1 atom stereocenters. The molecule has 0 aliphatic heterocycles. The zero-order valence-corrected chi connectivity index (χ0v) is 8.75. The van der Waals surface area contributed by atoms with Crippen molar-refractivity contribution in [3.05, 3.63) is 18.0 Å². The van der Waals surface area contributed by atoms with Gasteiger partial charge in [0.05, 0.1) is 5.69 Å². The topological polar surface area (TPSA) is 29.9 Å². The molecule has 1 aromatic rings. The van der Waals surface area contributed by atoms with Gasteiger partial charge in [-0.3, -0.25) is 4.68 Å². The normalized spacial score (nSPS) is 13.2. The Bertz CT molecular complexity index is 236. The molecule has 1 aromatic heterocycles. The van der Waals surface area contributed by atoms with Gasteiger partial charge in [-0.1, -0.05) is 20.3 Å². The van der Waals surface area contributed by atoms with Crippen LogP contribution in [0.1, 0.15) is 38.4 Å². The fourth-order valence-electron chi connectivity index (χ4n) is 1.62. The largest absolute Gasteiger partial charge is 0.309 e. The zero-order chi connectivity index (χ0) is 9.68. The Morgan fingerprint density at radius 3 is 2.77 bits per heavy atom. The van der Waals surface area contributed by atoms with Gasteiger partial charge < -0.3 is 5.32 Å². The Morgan fingerprint density at radius 1 is 1.54 bits per heavy atom. The van der Waals surface area contributed by atoms with Crippen LogP contribution in [0.3, 0.4) is 0 Å². The van der Waals surface area contributed by atoms with Gasteiger partial charge >= 0.3 is 0 Å². The molecule has 0 radical (unpaired) electrons. The highest BCUT2D eigenvalue weighted by atomic mass is 15.3. The molecule has 0 amide bonds.